The molecule has 0 aliphatic rings. The molecule has 20 heavy (non-hydrogen) atoms. The Balaban J connectivity index is 1.86. The molecule has 5 heteroatoms. The second-order valence-corrected chi connectivity index (χ2v) is 4.70. The lowest BCUT2D eigenvalue weighted by molar-refractivity contribution is 0.571. The Bertz CT molecular complexity index is 732. The largest absolute Gasteiger partial charge is 0.399 e. The smallest absolute Gasteiger partial charge is 0.205 e. The highest BCUT2D eigenvalue weighted by molar-refractivity contribution is 5.60. The van der Waals surface area contributed by atoms with Gasteiger partial charge in [-0.05, 0) is 35.4 Å². The maximum absolute atomic E-state index is 5.76. The maximum Gasteiger partial charge on any atom is 0.205 e. The Kier molecular flexibility index (Phi) is 3.16. The summed E-state index contributed by atoms with van der Waals surface area (Å²) in [4.78, 5) is 1.60. The van der Waals surface area contributed by atoms with Gasteiger partial charge < -0.3 is 5.73 Å². The SMILES string of the molecule is Cc1ccccc1Cn1nnc(-c2cccc(N)c2)n1. The first-order chi connectivity index (χ1) is 9.72. The van der Waals surface area contributed by atoms with Gasteiger partial charge in [0, 0.05) is 11.3 Å². The first-order valence-corrected chi connectivity index (χ1v) is 6.40. The van der Waals surface area contributed by atoms with E-state index in [1.54, 1.807) is 4.80 Å². The molecule has 1 aromatic heterocycles. The molecule has 0 radical (unpaired) electrons. The van der Waals surface area contributed by atoms with Crippen molar-refractivity contribution in [2.45, 2.75) is 13.5 Å². The van der Waals surface area contributed by atoms with E-state index in [-0.39, 0.29) is 0 Å². The average Bonchev–Trinajstić information content (AvgIpc) is 2.90. The summed E-state index contributed by atoms with van der Waals surface area (Å²) in [7, 11) is 0. The average molecular weight is 265 g/mol. The van der Waals surface area contributed by atoms with Crippen LogP contribution in [0.15, 0.2) is 48.5 Å². The van der Waals surface area contributed by atoms with Gasteiger partial charge in [0.1, 0.15) is 0 Å². The molecule has 0 aliphatic heterocycles. The van der Waals surface area contributed by atoms with E-state index in [0.717, 1.165) is 5.56 Å². The van der Waals surface area contributed by atoms with Crippen molar-refractivity contribution in [1.82, 2.24) is 20.2 Å². The lowest BCUT2D eigenvalue weighted by Crippen LogP contribution is -2.05. The number of aryl methyl sites for hydroxylation is 1. The van der Waals surface area contributed by atoms with E-state index in [9.17, 15) is 0 Å². The monoisotopic (exact) mass is 265 g/mol. The number of nitrogens with two attached hydrogens (primary N) is 1. The summed E-state index contributed by atoms with van der Waals surface area (Å²) in [5.74, 6) is 0.589. The van der Waals surface area contributed by atoms with Gasteiger partial charge in [0.2, 0.25) is 5.82 Å². The summed E-state index contributed by atoms with van der Waals surface area (Å²) in [5, 5.41) is 12.6. The summed E-state index contributed by atoms with van der Waals surface area (Å²) in [6, 6.07) is 15.7. The Morgan fingerprint density at radius 2 is 1.95 bits per heavy atom. The third-order valence-electron chi connectivity index (χ3n) is 3.17. The van der Waals surface area contributed by atoms with E-state index >= 15 is 0 Å². The molecule has 0 unspecified atom stereocenters. The van der Waals surface area contributed by atoms with Crippen molar-refractivity contribution >= 4 is 5.69 Å². The van der Waals surface area contributed by atoms with Crippen LogP contribution in [0.2, 0.25) is 0 Å². The maximum atomic E-state index is 5.76. The highest BCUT2D eigenvalue weighted by Gasteiger charge is 2.07. The van der Waals surface area contributed by atoms with Crippen LogP contribution in [-0.2, 0) is 6.54 Å². The number of hydrogen-bond acceptors (Lipinski definition) is 4. The minimum atomic E-state index is 0.589. The van der Waals surface area contributed by atoms with Crippen molar-refractivity contribution in [1.29, 1.82) is 0 Å². The molecular weight excluding hydrogens is 250 g/mol. The topological polar surface area (TPSA) is 69.6 Å². The molecule has 1 heterocycles. The highest BCUT2D eigenvalue weighted by atomic mass is 15.6. The summed E-state index contributed by atoms with van der Waals surface area (Å²) in [6.45, 7) is 2.69. The summed E-state index contributed by atoms with van der Waals surface area (Å²) in [5.41, 5.74) is 9.73. The molecule has 0 fully saturated rings. The predicted octanol–water partition coefficient (Wildman–Crippen LogP) is 2.28. The minimum Gasteiger partial charge on any atom is -0.399 e. The number of rotatable bonds is 3. The zero-order valence-electron chi connectivity index (χ0n) is 11.2. The normalized spacial score (nSPS) is 10.7. The Labute approximate surface area is 117 Å². The zero-order valence-corrected chi connectivity index (χ0v) is 11.2. The molecule has 2 aromatic carbocycles. The van der Waals surface area contributed by atoms with Crippen LogP contribution in [0.3, 0.4) is 0 Å². The molecule has 3 rings (SSSR count). The Morgan fingerprint density at radius 1 is 1.10 bits per heavy atom. The van der Waals surface area contributed by atoms with Crippen molar-refractivity contribution in [3.8, 4) is 11.4 Å². The van der Waals surface area contributed by atoms with Crippen molar-refractivity contribution in [3.05, 3.63) is 59.7 Å². The van der Waals surface area contributed by atoms with Crippen LogP contribution in [-0.4, -0.2) is 20.2 Å². The third kappa shape index (κ3) is 2.51. The fraction of sp³-hybridized carbons (Fsp3) is 0.133. The molecule has 0 bridgehead atoms. The standard InChI is InChI=1S/C15H15N5/c1-11-5-2-3-6-13(11)10-20-18-15(17-19-20)12-7-4-8-14(16)9-12/h2-9H,10,16H2,1H3. The lowest BCUT2D eigenvalue weighted by atomic mass is 10.1. The van der Waals surface area contributed by atoms with E-state index in [1.807, 2.05) is 36.4 Å². The summed E-state index contributed by atoms with van der Waals surface area (Å²) < 4.78 is 0. The second-order valence-electron chi connectivity index (χ2n) is 4.70. The lowest BCUT2D eigenvalue weighted by Gasteiger charge is -2.03. The van der Waals surface area contributed by atoms with Gasteiger partial charge >= 0.3 is 0 Å². The first-order valence-electron chi connectivity index (χ1n) is 6.40. The Morgan fingerprint density at radius 3 is 2.75 bits per heavy atom. The molecule has 0 amide bonds. The number of tetrazole rings is 1. The fourth-order valence-electron chi connectivity index (χ4n) is 2.04. The number of anilines is 1. The van der Waals surface area contributed by atoms with Crippen molar-refractivity contribution in [2.24, 2.45) is 0 Å². The van der Waals surface area contributed by atoms with E-state index in [4.69, 9.17) is 5.73 Å². The van der Waals surface area contributed by atoms with Crippen LogP contribution in [0.1, 0.15) is 11.1 Å². The molecule has 100 valence electrons. The number of aromatic nitrogens is 4. The summed E-state index contributed by atoms with van der Waals surface area (Å²) >= 11 is 0. The molecule has 0 saturated carbocycles. The molecule has 0 saturated heterocycles. The van der Waals surface area contributed by atoms with Gasteiger partial charge in [0.05, 0.1) is 6.54 Å². The van der Waals surface area contributed by atoms with Gasteiger partial charge in [-0.15, -0.1) is 10.2 Å². The van der Waals surface area contributed by atoms with Crippen LogP contribution < -0.4 is 5.73 Å². The van der Waals surface area contributed by atoms with E-state index in [2.05, 4.69) is 34.5 Å². The van der Waals surface area contributed by atoms with Gasteiger partial charge in [-0.25, -0.2) is 0 Å². The number of benzene rings is 2. The van der Waals surface area contributed by atoms with Crippen LogP contribution >= 0.6 is 0 Å². The zero-order chi connectivity index (χ0) is 13.9. The molecule has 0 spiro atoms. The van der Waals surface area contributed by atoms with Crippen LogP contribution in [0.4, 0.5) is 5.69 Å². The van der Waals surface area contributed by atoms with Crippen molar-refractivity contribution in [3.63, 3.8) is 0 Å². The second kappa shape index (κ2) is 5.13. The highest BCUT2D eigenvalue weighted by Crippen LogP contribution is 2.16. The molecule has 0 atom stereocenters. The Hall–Kier alpha value is -2.69. The number of nitrogens with zero attached hydrogens (tertiary/aromatic N) is 4. The van der Waals surface area contributed by atoms with E-state index < -0.39 is 0 Å². The van der Waals surface area contributed by atoms with Crippen LogP contribution in [0, 0.1) is 6.92 Å². The number of hydrogen-bond donors (Lipinski definition) is 1. The van der Waals surface area contributed by atoms with Crippen LogP contribution in [0.25, 0.3) is 11.4 Å². The van der Waals surface area contributed by atoms with E-state index in [0.29, 0.717) is 18.1 Å². The summed E-state index contributed by atoms with van der Waals surface area (Å²) in [6.07, 6.45) is 0. The van der Waals surface area contributed by atoms with Gasteiger partial charge in [-0.1, -0.05) is 36.4 Å². The molecule has 0 aliphatic carbocycles. The van der Waals surface area contributed by atoms with Gasteiger partial charge in [0.25, 0.3) is 0 Å². The molecule has 2 N–H and O–H groups in total. The third-order valence-corrected chi connectivity index (χ3v) is 3.17. The predicted molar refractivity (Wildman–Crippen MR) is 77.9 cm³/mol. The van der Waals surface area contributed by atoms with Gasteiger partial charge in [-0.3, -0.25) is 0 Å². The van der Waals surface area contributed by atoms with Crippen molar-refractivity contribution < 1.29 is 0 Å². The van der Waals surface area contributed by atoms with Gasteiger partial charge in [-0.2, -0.15) is 4.80 Å². The molecular formula is C15H15N5. The van der Waals surface area contributed by atoms with Gasteiger partial charge in [0.15, 0.2) is 0 Å². The number of nitrogen functional groups attached to an aromatic ring is 1. The molecule has 5 nitrogen and oxygen atoms in total. The quantitative estimate of drug-likeness (QED) is 0.738. The van der Waals surface area contributed by atoms with E-state index in [1.165, 1.54) is 11.1 Å². The van der Waals surface area contributed by atoms with Crippen LogP contribution in [0.5, 0.6) is 0 Å². The minimum absolute atomic E-state index is 0.589. The first kappa shape index (κ1) is 12.3. The fourth-order valence-corrected chi connectivity index (χ4v) is 2.04. The van der Waals surface area contributed by atoms with Crippen molar-refractivity contribution in [2.75, 3.05) is 5.73 Å². The molecule has 3 aromatic rings.